The van der Waals surface area contributed by atoms with E-state index in [1.54, 1.807) is 0 Å². The van der Waals surface area contributed by atoms with E-state index in [0.29, 0.717) is 31.0 Å². The molecule has 0 aromatic heterocycles. The third kappa shape index (κ3) is 23.4. The lowest BCUT2D eigenvalue weighted by Crippen LogP contribution is -2.08. The van der Waals surface area contributed by atoms with Crippen molar-refractivity contribution in [3.05, 3.63) is 61.3 Å². The maximum atomic E-state index is 10.7. The van der Waals surface area contributed by atoms with Crippen LogP contribution in [0, 0.1) is 17.8 Å². The highest BCUT2D eigenvalue weighted by molar-refractivity contribution is 5.66. The Morgan fingerprint density at radius 3 is 1.69 bits per heavy atom. The van der Waals surface area contributed by atoms with Crippen LogP contribution >= 0.6 is 0 Å². The maximum Gasteiger partial charge on any atom is 0.302 e. The number of carbonyl (C=O) groups excluding carboxylic acids is 2. The van der Waals surface area contributed by atoms with Gasteiger partial charge in [-0.1, -0.05) is 61.4 Å². The first-order chi connectivity index (χ1) is 16.9. The first-order valence-corrected chi connectivity index (χ1v) is 13.4. The number of esters is 2. The molecule has 0 spiro atoms. The molecule has 0 aliphatic rings. The smallest absolute Gasteiger partial charge is 0.302 e. The van der Waals surface area contributed by atoms with Crippen LogP contribution in [0.15, 0.2) is 61.3 Å². The zero-order valence-electron chi connectivity index (χ0n) is 24.2. The fourth-order valence-electron chi connectivity index (χ4n) is 3.68. The minimum absolute atomic E-state index is 0.187. The molecule has 0 aliphatic heterocycles. The summed E-state index contributed by atoms with van der Waals surface area (Å²) in [6.07, 6.45) is 15.6. The van der Waals surface area contributed by atoms with Crippen LogP contribution in [0.5, 0.6) is 0 Å². The second kappa shape index (κ2) is 23.1. The van der Waals surface area contributed by atoms with Crippen molar-refractivity contribution in [2.24, 2.45) is 17.8 Å². The minimum atomic E-state index is -0.214. The van der Waals surface area contributed by atoms with Gasteiger partial charge in [0.15, 0.2) is 0 Å². The lowest BCUT2D eigenvalue weighted by molar-refractivity contribution is -0.142. The molecule has 3 atom stereocenters. The third-order valence-electron chi connectivity index (χ3n) is 6.31. The van der Waals surface area contributed by atoms with Crippen molar-refractivity contribution in [3.8, 4) is 0 Å². The van der Waals surface area contributed by atoms with Crippen molar-refractivity contribution >= 4 is 11.9 Å². The van der Waals surface area contributed by atoms with Crippen molar-refractivity contribution in [2.45, 2.75) is 99.3 Å². The lowest BCUT2D eigenvalue weighted by Gasteiger charge is -2.19. The molecule has 36 heavy (non-hydrogen) atoms. The molecule has 0 radical (unpaired) electrons. The average molecular weight is 503 g/mol. The molecule has 4 heteroatoms. The first kappa shape index (κ1) is 35.8. The molecule has 0 aliphatic carbocycles. The predicted octanol–water partition coefficient (Wildman–Crippen LogP) is 8.95. The fraction of sp³-hybridized carbons (Fsp3) is 0.625. The highest BCUT2D eigenvalue weighted by Crippen LogP contribution is 2.25. The molecule has 0 saturated heterocycles. The van der Waals surface area contributed by atoms with Crippen LogP contribution in [-0.2, 0) is 19.1 Å². The van der Waals surface area contributed by atoms with Gasteiger partial charge in [0, 0.05) is 20.3 Å². The Morgan fingerprint density at radius 2 is 1.22 bits per heavy atom. The van der Waals surface area contributed by atoms with Crippen molar-refractivity contribution in [1.82, 2.24) is 0 Å². The number of allylic oxidation sites excluding steroid dienone is 5. The van der Waals surface area contributed by atoms with E-state index in [4.69, 9.17) is 9.47 Å². The van der Waals surface area contributed by atoms with Gasteiger partial charge in [0.05, 0.1) is 13.2 Å². The van der Waals surface area contributed by atoms with Gasteiger partial charge in [-0.25, -0.2) is 0 Å². The molecule has 3 unspecified atom stereocenters. The molecule has 0 amide bonds. The Hall–Kier alpha value is -2.36. The number of hydrogen-bond donors (Lipinski definition) is 0. The average Bonchev–Trinajstić information content (AvgIpc) is 2.78. The van der Waals surface area contributed by atoms with E-state index in [1.165, 1.54) is 37.0 Å². The molecule has 206 valence electrons. The molecule has 4 nitrogen and oxygen atoms in total. The Bertz CT molecular complexity index is 701. The van der Waals surface area contributed by atoms with E-state index < -0.39 is 0 Å². The topological polar surface area (TPSA) is 52.6 Å². The normalized spacial score (nSPS) is 13.3. The fourth-order valence-corrected chi connectivity index (χ4v) is 3.68. The van der Waals surface area contributed by atoms with E-state index in [2.05, 4.69) is 60.1 Å². The van der Waals surface area contributed by atoms with E-state index in [1.807, 2.05) is 12.2 Å². The van der Waals surface area contributed by atoms with Crippen molar-refractivity contribution in [2.75, 3.05) is 13.2 Å². The summed E-state index contributed by atoms with van der Waals surface area (Å²) in [7, 11) is 0. The lowest BCUT2D eigenvalue weighted by atomic mass is 9.88. The largest absolute Gasteiger partial charge is 0.466 e. The van der Waals surface area contributed by atoms with Crippen LogP contribution in [0.3, 0.4) is 0 Å². The molecule has 0 N–H and O–H groups in total. The van der Waals surface area contributed by atoms with Gasteiger partial charge < -0.3 is 9.47 Å². The van der Waals surface area contributed by atoms with Gasteiger partial charge in [-0.15, -0.1) is 13.2 Å². The summed E-state index contributed by atoms with van der Waals surface area (Å²) in [5.74, 6) is 1.31. The quantitative estimate of drug-likeness (QED) is 0.131. The minimum Gasteiger partial charge on any atom is -0.466 e. The van der Waals surface area contributed by atoms with Crippen molar-refractivity contribution in [1.29, 1.82) is 0 Å². The molecular formula is C32H54O4. The van der Waals surface area contributed by atoms with Gasteiger partial charge in [-0.2, -0.15) is 0 Å². The SMILES string of the molecule is C=CCCC(C/C=C(/C)CCOC(C)=O)C(=C)C.C=CCCC(CCC(C)CCOC(C)=O)C(=C)C. The monoisotopic (exact) mass is 502 g/mol. The first-order valence-electron chi connectivity index (χ1n) is 13.4. The standard InChI is InChI=1S/C16H28O2.C16H26O2/c2*1-6-7-8-16(13(2)3)10-9-14(4)11-12-18-15(5)17/h6,14,16H,1-2,7-12H2,3-5H3;6,9,16H,1-2,7-8,10-12H2,3-5H3/b;14-9-. The van der Waals surface area contributed by atoms with Gasteiger partial charge in [0.1, 0.15) is 0 Å². The number of ether oxygens (including phenoxy) is 2. The summed E-state index contributed by atoms with van der Waals surface area (Å²) in [4.78, 5) is 21.3. The van der Waals surface area contributed by atoms with Crippen molar-refractivity contribution in [3.63, 3.8) is 0 Å². The van der Waals surface area contributed by atoms with Crippen LogP contribution in [0.1, 0.15) is 99.3 Å². The molecule has 0 aromatic carbocycles. The van der Waals surface area contributed by atoms with Crippen molar-refractivity contribution < 1.29 is 19.1 Å². The van der Waals surface area contributed by atoms with Gasteiger partial charge in [0.2, 0.25) is 0 Å². The van der Waals surface area contributed by atoms with E-state index in [-0.39, 0.29) is 11.9 Å². The second-order valence-electron chi connectivity index (χ2n) is 10.0. The molecule has 0 fully saturated rings. The van der Waals surface area contributed by atoms with Crippen LogP contribution in [0.4, 0.5) is 0 Å². The second-order valence-corrected chi connectivity index (χ2v) is 10.0. The zero-order chi connectivity index (χ0) is 27.9. The maximum absolute atomic E-state index is 10.7. The summed E-state index contributed by atoms with van der Waals surface area (Å²) >= 11 is 0. The van der Waals surface area contributed by atoms with Gasteiger partial charge in [-0.3, -0.25) is 9.59 Å². The van der Waals surface area contributed by atoms with Crippen LogP contribution in [-0.4, -0.2) is 25.2 Å². The number of rotatable bonds is 19. The molecular weight excluding hydrogens is 448 g/mol. The third-order valence-corrected chi connectivity index (χ3v) is 6.31. The Balaban J connectivity index is 0. The van der Waals surface area contributed by atoms with Gasteiger partial charge in [0.25, 0.3) is 0 Å². The number of carbonyl (C=O) groups is 2. The van der Waals surface area contributed by atoms with Crippen LogP contribution in [0.2, 0.25) is 0 Å². The summed E-state index contributed by atoms with van der Waals surface area (Å²) in [5.41, 5.74) is 3.76. The van der Waals surface area contributed by atoms with E-state index in [0.717, 1.165) is 51.4 Å². The molecule has 0 aromatic rings. The van der Waals surface area contributed by atoms with Gasteiger partial charge >= 0.3 is 11.9 Å². The Morgan fingerprint density at radius 1 is 0.722 bits per heavy atom. The zero-order valence-corrected chi connectivity index (χ0v) is 24.2. The van der Waals surface area contributed by atoms with Crippen LogP contribution in [0.25, 0.3) is 0 Å². The summed E-state index contributed by atoms with van der Waals surface area (Å²) in [6.45, 7) is 28.0. The van der Waals surface area contributed by atoms with Crippen LogP contribution < -0.4 is 0 Å². The van der Waals surface area contributed by atoms with E-state index in [9.17, 15) is 9.59 Å². The molecule has 0 bridgehead atoms. The van der Waals surface area contributed by atoms with Gasteiger partial charge in [-0.05, 0) is 83.5 Å². The molecule has 0 rings (SSSR count). The molecule has 0 heterocycles. The highest BCUT2D eigenvalue weighted by Gasteiger charge is 2.11. The summed E-state index contributed by atoms with van der Waals surface area (Å²) in [5, 5.41) is 0. The number of hydrogen-bond acceptors (Lipinski definition) is 4. The highest BCUT2D eigenvalue weighted by atomic mass is 16.5. The molecule has 0 saturated carbocycles. The Kier molecular flexibility index (Phi) is 22.9. The summed E-state index contributed by atoms with van der Waals surface area (Å²) < 4.78 is 9.88. The summed E-state index contributed by atoms with van der Waals surface area (Å²) in [6, 6.07) is 0. The predicted molar refractivity (Wildman–Crippen MR) is 155 cm³/mol. The Labute approximate surface area is 222 Å². The van der Waals surface area contributed by atoms with E-state index >= 15 is 0 Å².